The molecular weight excluding hydrogens is 502 g/mol. The number of halogens is 4. The van der Waals surface area contributed by atoms with Gasteiger partial charge in [0.05, 0.1) is 27.2 Å². The van der Waals surface area contributed by atoms with Crippen LogP contribution in [0, 0.1) is 0 Å². The Morgan fingerprint density at radius 2 is 1.55 bits per heavy atom. The van der Waals surface area contributed by atoms with Crippen LogP contribution in [0.25, 0.3) is 0 Å². The van der Waals surface area contributed by atoms with E-state index < -0.39 is 22.5 Å². The molecule has 0 spiro atoms. The monoisotopic (exact) mass is 516 g/mol. The van der Waals surface area contributed by atoms with Crippen LogP contribution in [0.15, 0.2) is 71.6 Å². The Kier molecular flexibility index (Phi) is 7.86. The van der Waals surface area contributed by atoms with Crippen LogP contribution in [0.3, 0.4) is 0 Å². The molecule has 0 fully saturated rings. The molecule has 0 unspecified atom stereocenters. The topological polar surface area (TPSA) is 66.5 Å². The average Bonchev–Trinajstić information content (AvgIpc) is 2.71. The maximum absolute atomic E-state index is 13.3. The van der Waals surface area contributed by atoms with Gasteiger partial charge in [-0.3, -0.25) is 4.79 Å². The van der Waals surface area contributed by atoms with Crippen LogP contribution in [0.2, 0.25) is 20.1 Å². The highest BCUT2D eigenvalue weighted by atomic mass is 35.5. The van der Waals surface area contributed by atoms with Gasteiger partial charge in [0.1, 0.15) is 0 Å². The molecule has 1 N–H and O–H groups in total. The largest absolute Gasteiger partial charge is 0.324 e. The number of carbonyl (C=O) groups is 1. The van der Waals surface area contributed by atoms with Gasteiger partial charge in [0.25, 0.3) is 0 Å². The van der Waals surface area contributed by atoms with Crippen LogP contribution in [0.1, 0.15) is 5.56 Å². The van der Waals surface area contributed by atoms with E-state index in [4.69, 9.17) is 46.4 Å². The van der Waals surface area contributed by atoms with Gasteiger partial charge in [-0.2, -0.15) is 4.31 Å². The number of anilines is 1. The van der Waals surface area contributed by atoms with Gasteiger partial charge >= 0.3 is 0 Å². The maximum Gasteiger partial charge on any atom is 0.243 e. The molecule has 31 heavy (non-hydrogen) atoms. The van der Waals surface area contributed by atoms with Gasteiger partial charge in [-0.05, 0) is 54.1 Å². The summed E-state index contributed by atoms with van der Waals surface area (Å²) in [4.78, 5) is 12.7. The summed E-state index contributed by atoms with van der Waals surface area (Å²) in [7, 11) is -4.02. The van der Waals surface area contributed by atoms with Crippen molar-refractivity contribution in [1.29, 1.82) is 0 Å². The number of benzene rings is 3. The third-order valence-electron chi connectivity index (χ3n) is 4.25. The third kappa shape index (κ3) is 6.13. The van der Waals surface area contributed by atoms with Gasteiger partial charge in [-0.25, -0.2) is 8.42 Å². The molecule has 3 aromatic rings. The summed E-state index contributed by atoms with van der Waals surface area (Å²) >= 11 is 24.0. The van der Waals surface area contributed by atoms with Crippen LogP contribution in [0.5, 0.6) is 0 Å². The average molecular weight is 518 g/mol. The number of hydrogen-bond donors (Lipinski definition) is 1. The third-order valence-corrected chi connectivity index (χ3v) is 7.36. The quantitative estimate of drug-likeness (QED) is 0.410. The molecule has 0 heterocycles. The van der Waals surface area contributed by atoms with E-state index in [1.807, 2.05) is 0 Å². The van der Waals surface area contributed by atoms with E-state index in [0.717, 1.165) is 4.31 Å². The number of sulfonamides is 1. The van der Waals surface area contributed by atoms with Crippen molar-refractivity contribution in [3.8, 4) is 0 Å². The van der Waals surface area contributed by atoms with Crippen molar-refractivity contribution >= 4 is 68.0 Å². The van der Waals surface area contributed by atoms with Crippen LogP contribution < -0.4 is 5.32 Å². The van der Waals surface area contributed by atoms with Crippen molar-refractivity contribution in [3.05, 3.63) is 92.4 Å². The molecule has 1 amide bonds. The number of rotatable bonds is 7. The second kappa shape index (κ2) is 10.2. The molecule has 0 aromatic heterocycles. The molecule has 0 saturated heterocycles. The molecule has 5 nitrogen and oxygen atoms in total. The summed E-state index contributed by atoms with van der Waals surface area (Å²) in [5, 5.41) is 3.89. The maximum atomic E-state index is 13.3. The van der Waals surface area contributed by atoms with Crippen molar-refractivity contribution < 1.29 is 13.2 Å². The van der Waals surface area contributed by atoms with Gasteiger partial charge in [0, 0.05) is 16.6 Å². The summed E-state index contributed by atoms with van der Waals surface area (Å²) in [6.45, 7) is -0.525. The molecule has 3 rings (SSSR count). The summed E-state index contributed by atoms with van der Waals surface area (Å²) in [6.07, 6.45) is 0. The van der Waals surface area contributed by atoms with Crippen molar-refractivity contribution in [1.82, 2.24) is 4.31 Å². The highest BCUT2D eigenvalue weighted by Crippen LogP contribution is 2.29. The summed E-state index contributed by atoms with van der Waals surface area (Å²) in [5.74, 6) is -0.580. The fourth-order valence-electron chi connectivity index (χ4n) is 2.77. The molecule has 0 bridgehead atoms. The van der Waals surface area contributed by atoms with Crippen LogP contribution in [0.4, 0.5) is 5.69 Å². The van der Waals surface area contributed by atoms with E-state index in [1.54, 1.807) is 42.5 Å². The lowest BCUT2D eigenvalue weighted by Crippen LogP contribution is -2.37. The van der Waals surface area contributed by atoms with E-state index in [1.165, 1.54) is 24.3 Å². The highest BCUT2D eigenvalue weighted by Gasteiger charge is 2.27. The first kappa shape index (κ1) is 23.9. The lowest BCUT2D eigenvalue weighted by molar-refractivity contribution is -0.116. The molecule has 10 heteroatoms. The van der Waals surface area contributed by atoms with Crippen LogP contribution >= 0.6 is 46.4 Å². The Bertz CT molecular complexity index is 1200. The summed E-state index contributed by atoms with van der Waals surface area (Å²) in [5.41, 5.74) is 0.907. The van der Waals surface area contributed by atoms with E-state index in [-0.39, 0.29) is 27.2 Å². The number of hydrogen-bond acceptors (Lipinski definition) is 3. The van der Waals surface area contributed by atoms with Gasteiger partial charge in [-0.1, -0.05) is 64.6 Å². The second-order valence-electron chi connectivity index (χ2n) is 6.51. The Balaban J connectivity index is 1.90. The number of nitrogens with zero attached hydrogens (tertiary/aromatic N) is 1. The predicted molar refractivity (Wildman–Crippen MR) is 126 cm³/mol. The van der Waals surface area contributed by atoms with E-state index in [0.29, 0.717) is 15.6 Å². The van der Waals surface area contributed by atoms with Gasteiger partial charge < -0.3 is 5.32 Å². The zero-order chi connectivity index (χ0) is 22.6. The first-order chi connectivity index (χ1) is 14.7. The Morgan fingerprint density at radius 1 is 0.871 bits per heavy atom. The number of nitrogens with one attached hydrogen (secondary N) is 1. The van der Waals surface area contributed by atoms with Gasteiger partial charge in [0.15, 0.2) is 0 Å². The standard InChI is InChI=1S/C21H16Cl4N2O3S/c22-15-7-9-17(10-8-15)31(29,30)27(12-14-3-1-4-16(23)11-14)13-20(28)26-19-6-2-5-18(24)21(19)25/h1-11H,12-13H2,(H,26,28). The highest BCUT2D eigenvalue weighted by molar-refractivity contribution is 7.89. The minimum Gasteiger partial charge on any atom is -0.324 e. The van der Waals surface area contributed by atoms with Crippen molar-refractivity contribution in [2.45, 2.75) is 11.4 Å². The lowest BCUT2D eigenvalue weighted by atomic mass is 10.2. The minimum atomic E-state index is -4.02. The second-order valence-corrected chi connectivity index (χ2v) is 10.1. The van der Waals surface area contributed by atoms with E-state index in [2.05, 4.69) is 5.32 Å². The van der Waals surface area contributed by atoms with Crippen molar-refractivity contribution in [2.75, 3.05) is 11.9 Å². The fraction of sp³-hybridized carbons (Fsp3) is 0.0952. The zero-order valence-electron chi connectivity index (χ0n) is 15.9. The molecule has 0 aliphatic heterocycles. The first-order valence-corrected chi connectivity index (χ1v) is 11.9. The van der Waals surface area contributed by atoms with Crippen LogP contribution in [-0.2, 0) is 21.4 Å². The molecule has 0 atom stereocenters. The van der Waals surface area contributed by atoms with Gasteiger partial charge in [0.2, 0.25) is 15.9 Å². The summed E-state index contributed by atoms with van der Waals surface area (Å²) in [6, 6.07) is 17.2. The number of carbonyl (C=O) groups excluding carboxylic acids is 1. The Morgan fingerprint density at radius 3 is 2.23 bits per heavy atom. The Labute approximate surface area is 200 Å². The van der Waals surface area contributed by atoms with Crippen LogP contribution in [-0.4, -0.2) is 25.2 Å². The van der Waals surface area contributed by atoms with Crippen molar-refractivity contribution in [2.24, 2.45) is 0 Å². The fourth-order valence-corrected chi connectivity index (χ4v) is 4.84. The molecule has 0 aliphatic carbocycles. The zero-order valence-corrected chi connectivity index (χ0v) is 19.7. The smallest absolute Gasteiger partial charge is 0.243 e. The molecular formula is C21H16Cl4N2O3S. The lowest BCUT2D eigenvalue weighted by Gasteiger charge is -2.22. The van der Waals surface area contributed by atoms with E-state index in [9.17, 15) is 13.2 Å². The molecule has 0 aliphatic rings. The SMILES string of the molecule is O=C(CN(Cc1cccc(Cl)c1)S(=O)(=O)c1ccc(Cl)cc1)Nc1cccc(Cl)c1Cl. The Hall–Kier alpha value is -1.80. The molecule has 3 aromatic carbocycles. The number of amides is 1. The molecule has 0 saturated carbocycles. The minimum absolute atomic E-state index is 0.00696. The van der Waals surface area contributed by atoms with E-state index >= 15 is 0 Å². The molecule has 0 radical (unpaired) electrons. The van der Waals surface area contributed by atoms with Crippen molar-refractivity contribution in [3.63, 3.8) is 0 Å². The predicted octanol–water partition coefficient (Wildman–Crippen LogP) is 6.13. The summed E-state index contributed by atoms with van der Waals surface area (Å²) < 4.78 is 27.6. The molecule has 162 valence electrons. The van der Waals surface area contributed by atoms with Gasteiger partial charge in [-0.15, -0.1) is 0 Å². The normalized spacial score (nSPS) is 11.5. The first-order valence-electron chi connectivity index (χ1n) is 8.91.